The molecule has 39 heavy (non-hydrogen) atoms. The van der Waals surface area contributed by atoms with Crippen LogP contribution in [0.15, 0.2) is 72.9 Å². The number of anilines is 2. The molecule has 0 aromatic heterocycles. The fraction of sp³-hybridized carbons (Fsp3) is 0.179. The Balaban J connectivity index is 1.46. The summed E-state index contributed by atoms with van der Waals surface area (Å²) in [5.41, 5.74) is 1.85. The lowest BCUT2D eigenvalue weighted by atomic mass is 9.84. The van der Waals surface area contributed by atoms with E-state index in [0.29, 0.717) is 10.7 Å². The lowest BCUT2D eigenvalue weighted by Crippen LogP contribution is -2.46. The Kier molecular flexibility index (Phi) is 5.84. The third-order valence-corrected chi connectivity index (χ3v) is 7.71. The molecule has 6 rings (SSSR count). The second-order valence-corrected chi connectivity index (χ2v) is 9.89. The van der Waals surface area contributed by atoms with E-state index in [-0.39, 0.29) is 17.1 Å². The summed E-state index contributed by atoms with van der Waals surface area (Å²) < 4.78 is 5.36. The van der Waals surface area contributed by atoms with E-state index in [1.165, 1.54) is 19.2 Å². The maximum Gasteiger partial charge on any atom is 0.271 e. The standard InChI is InChI=1S/C28H21ClN4O6/c1-39-21-11-10-18(33(37)38)14-20(21)32-27(35)22-23(28(32)36)25(26(34)30-17-8-6-16(29)7-9-17)31-13-12-15-4-2-3-5-19(15)24(22)31/h2-14,22-25H,1H3,(H,30,34)/t22-,23+,24+,25-/m0/s1. The average Bonchev–Trinajstić information content (AvgIpc) is 3.41. The highest BCUT2D eigenvalue weighted by Crippen LogP contribution is 2.54. The lowest BCUT2D eigenvalue weighted by molar-refractivity contribution is -0.384. The van der Waals surface area contributed by atoms with Gasteiger partial charge in [0, 0.05) is 29.0 Å². The van der Waals surface area contributed by atoms with E-state index < -0.39 is 46.6 Å². The third kappa shape index (κ3) is 3.83. The van der Waals surface area contributed by atoms with Gasteiger partial charge in [0.15, 0.2) is 0 Å². The lowest BCUT2D eigenvalue weighted by Gasteiger charge is -2.35. The van der Waals surface area contributed by atoms with Crippen molar-refractivity contribution in [2.24, 2.45) is 11.8 Å². The van der Waals surface area contributed by atoms with Gasteiger partial charge in [0.05, 0.1) is 29.9 Å². The minimum atomic E-state index is -1.05. The number of carbonyl (C=O) groups is 3. The summed E-state index contributed by atoms with van der Waals surface area (Å²) >= 11 is 5.98. The van der Waals surface area contributed by atoms with Crippen LogP contribution in [-0.2, 0) is 14.4 Å². The molecular weight excluding hydrogens is 524 g/mol. The molecule has 0 aliphatic carbocycles. The van der Waals surface area contributed by atoms with E-state index in [2.05, 4.69) is 5.32 Å². The van der Waals surface area contributed by atoms with Gasteiger partial charge in [0.1, 0.15) is 17.5 Å². The molecule has 2 saturated heterocycles. The number of methoxy groups -OCH3 is 1. The molecule has 0 bridgehead atoms. The highest BCUT2D eigenvalue weighted by molar-refractivity contribution is 6.30. The smallest absolute Gasteiger partial charge is 0.271 e. The molecule has 196 valence electrons. The molecular formula is C28H21ClN4O6. The molecule has 3 aliphatic rings. The van der Waals surface area contributed by atoms with Crippen LogP contribution in [0.4, 0.5) is 17.1 Å². The van der Waals surface area contributed by atoms with E-state index in [1.54, 1.807) is 35.4 Å². The van der Waals surface area contributed by atoms with Gasteiger partial charge in [0.25, 0.3) is 5.69 Å². The largest absolute Gasteiger partial charge is 0.495 e. The Morgan fingerprint density at radius 3 is 2.46 bits per heavy atom. The molecule has 3 aromatic rings. The van der Waals surface area contributed by atoms with Gasteiger partial charge >= 0.3 is 0 Å². The van der Waals surface area contributed by atoms with Crippen molar-refractivity contribution in [3.63, 3.8) is 0 Å². The van der Waals surface area contributed by atoms with Crippen molar-refractivity contribution in [3.8, 4) is 5.75 Å². The van der Waals surface area contributed by atoms with Gasteiger partial charge in [-0.15, -0.1) is 0 Å². The highest BCUT2D eigenvalue weighted by Gasteiger charge is 2.65. The molecule has 0 unspecified atom stereocenters. The number of nitro groups is 1. The average molecular weight is 545 g/mol. The van der Waals surface area contributed by atoms with Crippen LogP contribution in [0.25, 0.3) is 6.08 Å². The van der Waals surface area contributed by atoms with Gasteiger partial charge < -0.3 is 15.0 Å². The molecule has 10 nitrogen and oxygen atoms in total. The topological polar surface area (TPSA) is 122 Å². The summed E-state index contributed by atoms with van der Waals surface area (Å²) in [5.74, 6) is -3.47. The number of nitrogens with one attached hydrogen (secondary N) is 1. The number of halogens is 1. The fourth-order valence-corrected chi connectivity index (χ4v) is 5.94. The van der Waals surface area contributed by atoms with Crippen molar-refractivity contribution in [2.75, 3.05) is 17.3 Å². The van der Waals surface area contributed by atoms with Gasteiger partial charge in [-0.1, -0.05) is 35.9 Å². The highest BCUT2D eigenvalue weighted by atomic mass is 35.5. The summed E-state index contributed by atoms with van der Waals surface area (Å²) in [7, 11) is 1.35. The van der Waals surface area contributed by atoms with Crippen molar-refractivity contribution in [2.45, 2.75) is 12.1 Å². The first-order valence-electron chi connectivity index (χ1n) is 12.1. The number of hydrogen-bond acceptors (Lipinski definition) is 7. The Bertz CT molecular complexity index is 1570. The summed E-state index contributed by atoms with van der Waals surface area (Å²) in [6.07, 6.45) is 3.60. The first-order valence-corrected chi connectivity index (χ1v) is 12.5. The van der Waals surface area contributed by atoms with Crippen molar-refractivity contribution < 1.29 is 24.0 Å². The number of non-ortho nitro benzene ring substituents is 1. The molecule has 0 saturated carbocycles. The van der Waals surface area contributed by atoms with Crippen LogP contribution < -0.4 is 15.0 Å². The first-order chi connectivity index (χ1) is 18.8. The second-order valence-electron chi connectivity index (χ2n) is 9.45. The van der Waals surface area contributed by atoms with Crippen molar-refractivity contribution >= 4 is 52.5 Å². The van der Waals surface area contributed by atoms with Crippen LogP contribution in [0, 0.1) is 22.0 Å². The Morgan fingerprint density at radius 2 is 1.74 bits per heavy atom. The normalized spacial score (nSPS) is 22.8. The number of nitrogens with zero attached hydrogens (tertiary/aromatic N) is 3. The maximum atomic E-state index is 14.1. The number of amides is 3. The number of benzene rings is 3. The van der Waals surface area contributed by atoms with Crippen LogP contribution in [0.3, 0.4) is 0 Å². The quantitative estimate of drug-likeness (QED) is 0.287. The van der Waals surface area contributed by atoms with Gasteiger partial charge in [-0.05, 0) is 47.5 Å². The molecule has 0 spiro atoms. The zero-order valence-corrected chi connectivity index (χ0v) is 21.2. The number of rotatable bonds is 5. The predicted molar refractivity (Wildman–Crippen MR) is 143 cm³/mol. The second kappa shape index (κ2) is 9.25. The van der Waals surface area contributed by atoms with E-state index >= 15 is 0 Å². The Labute approximate surface area is 227 Å². The molecule has 4 atom stereocenters. The van der Waals surface area contributed by atoms with Gasteiger partial charge in [-0.2, -0.15) is 0 Å². The zero-order chi connectivity index (χ0) is 27.4. The molecule has 3 amide bonds. The molecule has 3 aromatic carbocycles. The number of carbonyl (C=O) groups excluding carboxylic acids is 3. The maximum absolute atomic E-state index is 14.1. The SMILES string of the molecule is COc1ccc([N+](=O)[O-])cc1N1C(=O)[C@@H]2[C@H](C1=O)[C@H]1c3ccccc3C=CN1[C@@H]2C(=O)Nc1ccc(Cl)cc1. The number of nitro benzene ring substituents is 1. The molecule has 0 radical (unpaired) electrons. The van der Waals surface area contributed by atoms with Crippen LogP contribution in [-0.4, -0.2) is 40.7 Å². The zero-order valence-electron chi connectivity index (χ0n) is 20.5. The molecule has 3 aliphatic heterocycles. The molecule has 11 heteroatoms. The summed E-state index contributed by atoms with van der Waals surface area (Å²) in [6, 6.07) is 16.2. The van der Waals surface area contributed by atoms with Crippen LogP contribution in [0.5, 0.6) is 5.75 Å². The summed E-state index contributed by atoms with van der Waals surface area (Å²) in [6.45, 7) is 0. The summed E-state index contributed by atoms with van der Waals surface area (Å²) in [4.78, 5) is 55.4. The number of ether oxygens (including phenoxy) is 1. The first kappa shape index (κ1) is 24.6. The minimum Gasteiger partial charge on any atom is -0.495 e. The van der Waals surface area contributed by atoms with Crippen molar-refractivity contribution in [1.82, 2.24) is 4.90 Å². The van der Waals surface area contributed by atoms with Crippen LogP contribution in [0.1, 0.15) is 17.2 Å². The van der Waals surface area contributed by atoms with Crippen molar-refractivity contribution in [1.29, 1.82) is 0 Å². The number of imide groups is 1. The monoisotopic (exact) mass is 544 g/mol. The summed E-state index contributed by atoms with van der Waals surface area (Å²) in [5, 5.41) is 14.8. The number of fused-ring (bicyclic) bond motifs is 5. The fourth-order valence-electron chi connectivity index (χ4n) is 5.81. The van der Waals surface area contributed by atoms with Gasteiger partial charge in [0.2, 0.25) is 17.7 Å². The minimum absolute atomic E-state index is 0.0286. The Hall–Kier alpha value is -4.70. The predicted octanol–water partition coefficient (Wildman–Crippen LogP) is 4.41. The third-order valence-electron chi connectivity index (χ3n) is 7.46. The van der Waals surface area contributed by atoms with Gasteiger partial charge in [-0.25, -0.2) is 4.90 Å². The van der Waals surface area contributed by atoms with Gasteiger partial charge in [-0.3, -0.25) is 24.5 Å². The van der Waals surface area contributed by atoms with Crippen LogP contribution in [0.2, 0.25) is 5.02 Å². The molecule has 3 heterocycles. The van der Waals surface area contributed by atoms with Crippen LogP contribution >= 0.6 is 11.6 Å². The number of hydrogen-bond donors (Lipinski definition) is 1. The van der Waals surface area contributed by atoms with E-state index in [1.807, 2.05) is 30.3 Å². The Morgan fingerprint density at radius 1 is 1.03 bits per heavy atom. The molecule has 1 N–H and O–H groups in total. The molecule has 2 fully saturated rings. The van der Waals surface area contributed by atoms with E-state index in [0.717, 1.165) is 22.1 Å². The van der Waals surface area contributed by atoms with E-state index in [4.69, 9.17) is 16.3 Å². The van der Waals surface area contributed by atoms with Crippen molar-refractivity contribution in [3.05, 3.63) is 99.2 Å². The van der Waals surface area contributed by atoms with E-state index in [9.17, 15) is 24.5 Å².